The Morgan fingerprint density at radius 3 is 2.75 bits per heavy atom. The fourth-order valence-corrected chi connectivity index (χ4v) is 1.16. The molecule has 2 heteroatoms. The van der Waals surface area contributed by atoms with Crippen LogP contribution in [0.2, 0.25) is 0 Å². The van der Waals surface area contributed by atoms with E-state index in [2.05, 4.69) is 27.8 Å². The summed E-state index contributed by atoms with van der Waals surface area (Å²) in [7, 11) is 0. The maximum atomic E-state index is 5.31. The van der Waals surface area contributed by atoms with E-state index < -0.39 is 0 Å². The Hall–Kier alpha value is -0.710. The van der Waals surface area contributed by atoms with Gasteiger partial charge in [0.05, 0.1) is 0 Å². The highest BCUT2D eigenvalue weighted by Crippen LogP contribution is 2.13. The molecule has 0 aliphatic carbocycles. The molecule has 0 N–H and O–H groups in total. The highest BCUT2D eigenvalue weighted by Gasteiger charge is 1.90. The van der Waals surface area contributed by atoms with E-state index in [0.717, 1.165) is 10.0 Å². The lowest BCUT2D eigenvalue weighted by Gasteiger charge is -1.91. The van der Waals surface area contributed by atoms with Crippen LogP contribution in [-0.4, -0.2) is 0 Å². The zero-order chi connectivity index (χ0) is 8.81. The molecular weight excluding hydrogens is 235 g/mol. The Labute approximate surface area is 85.4 Å². The van der Waals surface area contributed by atoms with Gasteiger partial charge in [0.1, 0.15) is 0 Å². The van der Waals surface area contributed by atoms with Crippen molar-refractivity contribution in [1.82, 2.24) is 0 Å². The van der Waals surface area contributed by atoms with E-state index in [9.17, 15) is 0 Å². The van der Waals surface area contributed by atoms with Gasteiger partial charge in [-0.1, -0.05) is 35.6 Å². The second-order valence-corrected chi connectivity index (χ2v) is 3.15. The number of benzene rings is 1. The van der Waals surface area contributed by atoms with Crippen LogP contribution in [0, 0.1) is 11.8 Å². The van der Waals surface area contributed by atoms with E-state index in [1.807, 2.05) is 24.3 Å². The minimum absolute atomic E-state index is 0.965. The smallest absolute Gasteiger partial charge is 0.0390 e. The molecule has 0 unspecified atom stereocenters. The first-order valence-corrected chi connectivity index (χ1v) is 4.59. The minimum Gasteiger partial charge on any atom is -0.0923 e. The summed E-state index contributed by atoms with van der Waals surface area (Å²) in [6, 6.07) is 7.79. The number of hydrogen-bond acceptors (Lipinski definition) is 0. The first-order valence-electron chi connectivity index (χ1n) is 3.36. The molecule has 0 aromatic heterocycles. The lowest BCUT2D eigenvalue weighted by molar-refractivity contribution is 1.59. The van der Waals surface area contributed by atoms with Gasteiger partial charge in [0.15, 0.2) is 0 Å². The largest absolute Gasteiger partial charge is 0.0923 e. The summed E-state index contributed by atoms with van der Waals surface area (Å²) in [4.78, 5) is 0. The van der Waals surface area contributed by atoms with E-state index >= 15 is 0 Å². The third-order valence-corrected chi connectivity index (χ3v) is 2.04. The van der Waals surface area contributed by atoms with E-state index in [-0.39, 0.29) is 0 Å². The van der Waals surface area contributed by atoms with Gasteiger partial charge in [-0.15, -0.1) is 0 Å². The molecule has 0 fully saturated rings. The first-order chi connectivity index (χ1) is 5.84. The molecule has 0 radical (unpaired) electrons. The van der Waals surface area contributed by atoms with E-state index in [1.165, 1.54) is 5.54 Å². The number of rotatable bonds is 0. The quantitative estimate of drug-likeness (QED) is 0.609. The molecule has 0 aliphatic heterocycles. The molecule has 0 nitrogen and oxygen atoms in total. The molecule has 0 aliphatic rings. The summed E-state index contributed by atoms with van der Waals surface area (Å²) in [5.41, 5.74) is 2.36. The van der Waals surface area contributed by atoms with Gasteiger partial charge in [-0.25, -0.2) is 0 Å². The Balaban J connectivity index is 2.91. The van der Waals surface area contributed by atoms with Crippen LogP contribution < -0.4 is 0 Å². The zero-order valence-electron chi connectivity index (χ0n) is 6.22. The van der Waals surface area contributed by atoms with E-state index in [0.29, 0.717) is 0 Å². The Morgan fingerprint density at radius 2 is 2.08 bits per heavy atom. The molecule has 0 spiro atoms. The first kappa shape index (κ1) is 9.38. The molecule has 0 amide bonds. The van der Waals surface area contributed by atoms with Crippen LogP contribution >= 0.6 is 27.5 Å². The minimum atomic E-state index is 0.965. The summed E-state index contributed by atoms with van der Waals surface area (Å²) in [5, 5.41) is 0. The van der Waals surface area contributed by atoms with Crippen LogP contribution in [0.3, 0.4) is 0 Å². The SMILES string of the molecule is Cl/C=C/C#Cc1ccccc1Br. The van der Waals surface area contributed by atoms with Gasteiger partial charge in [0.2, 0.25) is 0 Å². The average Bonchev–Trinajstić information content (AvgIpc) is 2.09. The average molecular weight is 242 g/mol. The topological polar surface area (TPSA) is 0 Å². The van der Waals surface area contributed by atoms with Gasteiger partial charge < -0.3 is 0 Å². The molecule has 0 atom stereocenters. The second kappa shape index (κ2) is 5.03. The highest BCUT2D eigenvalue weighted by atomic mass is 79.9. The molecule has 1 aromatic carbocycles. The molecule has 1 rings (SSSR count). The molecule has 0 saturated carbocycles. The summed E-state index contributed by atoms with van der Waals surface area (Å²) in [6.45, 7) is 0. The van der Waals surface area contributed by atoms with Crippen LogP contribution in [0.5, 0.6) is 0 Å². The van der Waals surface area contributed by atoms with Gasteiger partial charge in [-0.05, 0) is 34.1 Å². The lowest BCUT2D eigenvalue weighted by Crippen LogP contribution is -1.73. The van der Waals surface area contributed by atoms with Gasteiger partial charge in [0.25, 0.3) is 0 Å². The molecule has 1 aromatic rings. The van der Waals surface area contributed by atoms with Crippen molar-refractivity contribution in [3.8, 4) is 11.8 Å². The summed E-state index contributed by atoms with van der Waals surface area (Å²) < 4.78 is 1.00. The van der Waals surface area contributed by atoms with E-state index in [4.69, 9.17) is 11.6 Å². The molecule has 0 bridgehead atoms. The third kappa shape index (κ3) is 2.73. The maximum Gasteiger partial charge on any atom is 0.0390 e. The van der Waals surface area contributed by atoms with E-state index in [1.54, 1.807) is 6.08 Å². The van der Waals surface area contributed by atoms with Gasteiger partial charge >= 0.3 is 0 Å². The van der Waals surface area contributed by atoms with Crippen molar-refractivity contribution in [2.75, 3.05) is 0 Å². The van der Waals surface area contributed by atoms with Crippen molar-refractivity contribution in [2.45, 2.75) is 0 Å². The van der Waals surface area contributed by atoms with Crippen LogP contribution in [0.15, 0.2) is 40.3 Å². The second-order valence-electron chi connectivity index (χ2n) is 2.04. The normalized spacial score (nSPS) is 9.50. The third-order valence-electron chi connectivity index (χ3n) is 1.23. The summed E-state index contributed by atoms with van der Waals surface area (Å²) in [6.07, 6.45) is 1.60. The standard InChI is InChI=1S/C10H6BrCl/c11-10-7-2-1-5-9(10)6-3-4-8-12/h1-2,4-5,7-8H/b8-4+. The molecule has 60 valence electrons. The number of halogens is 2. The molecule has 12 heavy (non-hydrogen) atoms. The monoisotopic (exact) mass is 240 g/mol. The maximum absolute atomic E-state index is 5.31. The van der Waals surface area contributed by atoms with Gasteiger partial charge in [0, 0.05) is 15.6 Å². The summed E-state index contributed by atoms with van der Waals surface area (Å²) in [5.74, 6) is 5.75. The Morgan fingerprint density at radius 1 is 1.33 bits per heavy atom. The van der Waals surface area contributed by atoms with Gasteiger partial charge in [-0.3, -0.25) is 0 Å². The predicted octanol–water partition coefficient (Wildman–Crippen LogP) is 3.55. The highest BCUT2D eigenvalue weighted by molar-refractivity contribution is 9.10. The van der Waals surface area contributed by atoms with Gasteiger partial charge in [-0.2, -0.15) is 0 Å². The van der Waals surface area contributed by atoms with Crippen molar-refractivity contribution in [1.29, 1.82) is 0 Å². The molecule has 0 heterocycles. The Kier molecular flexibility index (Phi) is 3.93. The van der Waals surface area contributed by atoms with Crippen LogP contribution in [0.25, 0.3) is 0 Å². The van der Waals surface area contributed by atoms with Crippen molar-refractivity contribution in [3.05, 3.63) is 45.9 Å². The fourth-order valence-electron chi connectivity index (χ4n) is 0.713. The van der Waals surface area contributed by atoms with Crippen molar-refractivity contribution in [2.24, 2.45) is 0 Å². The van der Waals surface area contributed by atoms with Crippen molar-refractivity contribution >= 4 is 27.5 Å². The van der Waals surface area contributed by atoms with Crippen LogP contribution in [0.4, 0.5) is 0 Å². The fraction of sp³-hybridized carbons (Fsp3) is 0. The van der Waals surface area contributed by atoms with Crippen LogP contribution in [-0.2, 0) is 0 Å². The number of allylic oxidation sites excluding steroid dienone is 1. The lowest BCUT2D eigenvalue weighted by atomic mass is 10.2. The Bertz CT molecular complexity index is 344. The van der Waals surface area contributed by atoms with Crippen LogP contribution in [0.1, 0.15) is 5.56 Å². The van der Waals surface area contributed by atoms with Crippen molar-refractivity contribution in [3.63, 3.8) is 0 Å². The van der Waals surface area contributed by atoms with Crippen molar-refractivity contribution < 1.29 is 0 Å². The molecular formula is C10H6BrCl. The number of hydrogen-bond donors (Lipinski definition) is 0. The zero-order valence-corrected chi connectivity index (χ0v) is 8.56. The predicted molar refractivity (Wildman–Crippen MR) is 56.0 cm³/mol. The summed E-state index contributed by atoms with van der Waals surface area (Å²) >= 11 is 8.70. The molecule has 0 saturated heterocycles.